The monoisotopic (exact) mass is 1050 g/mol. The highest BCUT2D eigenvalue weighted by atomic mass is 16.7. The quantitative estimate of drug-likeness (QED) is 0.0284. The number of epoxide rings is 2. The van der Waals surface area contributed by atoms with Crippen LogP contribution in [-0.4, -0.2) is 267 Å². The van der Waals surface area contributed by atoms with Gasteiger partial charge in [-0.2, -0.15) is 0 Å². The number of rotatable bonds is 52. The lowest BCUT2D eigenvalue weighted by Crippen LogP contribution is -2.43. The Morgan fingerprint density at radius 3 is 1.40 bits per heavy atom. The van der Waals surface area contributed by atoms with E-state index >= 15 is 0 Å². The molecule has 72 heavy (non-hydrogen) atoms. The van der Waals surface area contributed by atoms with Crippen molar-refractivity contribution < 1.29 is 106 Å². The van der Waals surface area contributed by atoms with Crippen LogP contribution in [0.1, 0.15) is 88.0 Å². The van der Waals surface area contributed by atoms with Crippen LogP contribution in [0.25, 0.3) is 0 Å². The maximum atomic E-state index is 11.3. The third-order valence-corrected chi connectivity index (χ3v) is 11.2. The number of hydrogen-bond donors (Lipinski definition) is 6. The summed E-state index contributed by atoms with van der Waals surface area (Å²) in [6, 6.07) is 0. The zero-order valence-corrected chi connectivity index (χ0v) is 45.1. The summed E-state index contributed by atoms with van der Waals surface area (Å²) in [4.78, 5) is 0. The highest BCUT2D eigenvalue weighted by Gasteiger charge is 2.33. The molecule has 0 radical (unpaired) electrons. The standard InChI is InChI=1S/C50H98O22/c1-10-37(6)70-46(28-63-24-44-33-67-44)27-59-18-39(54)14-50(9,11-2)72-48(34-68-42(21-60-19-40(55)15-51)22-62-23-43-32-66-43)30-64-29-47(31-65-35-57-12-3)71-49(7,8)13-38(53)17-58-25-45(69-36(4)5)26-61-20-41(56)16-52/h36-48,51-56H,10-35H2,1-9H3. The molecule has 22 heteroatoms. The molecule has 0 saturated carbocycles. The summed E-state index contributed by atoms with van der Waals surface area (Å²) in [5.41, 5.74) is -1.73. The van der Waals surface area contributed by atoms with E-state index in [1.807, 2.05) is 62.3 Å². The van der Waals surface area contributed by atoms with Crippen molar-refractivity contribution >= 4 is 0 Å². The van der Waals surface area contributed by atoms with Gasteiger partial charge in [-0.3, -0.25) is 0 Å². The van der Waals surface area contributed by atoms with E-state index in [4.69, 9.17) is 80.9 Å². The molecule has 0 spiro atoms. The Hall–Kier alpha value is -0.880. The second-order valence-corrected chi connectivity index (χ2v) is 19.8. The zero-order valence-electron chi connectivity index (χ0n) is 45.1. The third kappa shape index (κ3) is 35.4. The van der Waals surface area contributed by atoms with Crippen LogP contribution in [0.2, 0.25) is 0 Å². The van der Waals surface area contributed by atoms with E-state index in [9.17, 15) is 25.5 Å². The van der Waals surface area contributed by atoms with Crippen molar-refractivity contribution in [2.45, 2.75) is 179 Å². The molecule has 0 amide bonds. The Labute approximate surface area is 429 Å². The molecular formula is C50H98O22. The van der Waals surface area contributed by atoms with E-state index in [0.29, 0.717) is 46.1 Å². The van der Waals surface area contributed by atoms with Crippen molar-refractivity contribution in [3.8, 4) is 0 Å². The van der Waals surface area contributed by atoms with Crippen LogP contribution in [0, 0.1) is 0 Å². The molecule has 2 aliphatic rings. The fourth-order valence-electron chi connectivity index (χ4n) is 7.13. The van der Waals surface area contributed by atoms with Crippen LogP contribution in [0.3, 0.4) is 0 Å². The zero-order chi connectivity index (χ0) is 53.2. The summed E-state index contributed by atoms with van der Waals surface area (Å²) >= 11 is 0. The molecular weight excluding hydrogens is 953 g/mol. The van der Waals surface area contributed by atoms with Crippen LogP contribution in [0.4, 0.5) is 0 Å². The molecule has 0 bridgehead atoms. The first-order chi connectivity index (χ1) is 34.4. The predicted octanol–water partition coefficient (Wildman–Crippen LogP) is 1.20. The second kappa shape index (κ2) is 39.5. The highest BCUT2D eigenvalue weighted by Crippen LogP contribution is 2.26. The van der Waals surface area contributed by atoms with Crippen LogP contribution in [0.15, 0.2) is 0 Å². The minimum Gasteiger partial charge on any atom is -0.394 e. The lowest BCUT2D eigenvalue weighted by Gasteiger charge is -2.36. The normalized spacial score (nSPS) is 21.2. The molecule has 13 atom stereocenters. The summed E-state index contributed by atoms with van der Waals surface area (Å²) in [5.74, 6) is 0. The predicted molar refractivity (Wildman–Crippen MR) is 262 cm³/mol. The van der Waals surface area contributed by atoms with Crippen molar-refractivity contribution in [3.05, 3.63) is 0 Å². The molecule has 6 N–H and O–H groups in total. The van der Waals surface area contributed by atoms with Gasteiger partial charge in [0.1, 0.15) is 61.7 Å². The molecule has 430 valence electrons. The number of aliphatic hydroxyl groups is 6. The molecule has 0 aliphatic carbocycles. The van der Waals surface area contributed by atoms with Crippen LogP contribution in [0.5, 0.6) is 0 Å². The molecule has 13 unspecified atom stereocenters. The van der Waals surface area contributed by atoms with Crippen molar-refractivity contribution in [3.63, 3.8) is 0 Å². The highest BCUT2D eigenvalue weighted by molar-refractivity contribution is 4.81. The van der Waals surface area contributed by atoms with E-state index in [1.165, 1.54) is 0 Å². The van der Waals surface area contributed by atoms with E-state index < -0.39 is 73.2 Å². The van der Waals surface area contributed by atoms with Gasteiger partial charge in [-0.1, -0.05) is 13.8 Å². The minimum absolute atomic E-state index is 0.00578. The number of ether oxygens (including phenoxy) is 16. The lowest BCUT2D eigenvalue weighted by molar-refractivity contribution is -0.184. The molecule has 2 fully saturated rings. The van der Waals surface area contributed by atoms with Crippen LogP contribution < -0.4 is 0 Å². The molecule has 0 aromatic heterocycles. The van der Waals surface area contributed by atoms with E-state index in [0.717, 1.165) is 6.42 Å². The summed E-state index contributed by atoms with van der Waals surface area (Å²) in [6.07, 6.45) is -4.62. The molecule has 2 rings (SSSR count). The average Bonchev–Trinajstić information content (AvgIpc) is 4.28. The summed E-state index contributed by atoms with van der Waals surface area (Å²) in [7, 11) is 0. The second-order valence-electron chi connectivity index (χ2n) is 19.8. The van der Waals surface area contributed by atoms with Gasteiger partial charge in [0, 0.05) is 19.4 Å². The Morgan fingerprint density at radius 2 is 0.917 bits per heavy atom. The van der Waals surface area contributed by atoms with Gasteiger partial charge in [0.15, 0.2) is 0 Å². The minimum atomic E-state index is -1.05. The van der Waals surface area contributed by atoms with Crippen molar-refractivity contribution in [1.29, 1.82) is 0 Å². The first-order valence-electron chi connectivity index (χ1n) is 26.1. The van der Waals surface area contributed by atoms with Crippen molar-refractivity contribution in [1.82, 2.24) is 0 Å². The average molecular weight is 1050 g/mol. The molecule has 2 heterocycles. The van der Waals surface area contributed by atoms with E-state index in [-0.39, 0.29) is 136 Å². The lowest BCUT2D eigenvalue weighted by atomic mass is 9.95. The Bertz CT molecular complexity index is 1270. The first kappa shape index (κ1) is 67.2. The SMILES string of the molecule is CCOCOCC(COCC(COC(COCC(O)CO)COCC1CO1)OC(C)(CC)CC(O)COCC(COCC1CO1)OC(C)CC)OC(C)(C)CC(O)COCC(COCC(O)CO)OC(C)C. The number of hydrogen-bond acceptors (Lipinski definition) is 22. The summed E-state index contributed by atoms with van der Waals surface area (Å²) in [6.45, 7) is 20.4. The Morgan fingerprint density at radius 1 is 0.486 bits per heavy atom. The van der Waals surface area contributed by atoms with Gasteiger partial charge in [-0.25, -0.2) is 0 Å². The smallest absolute Gasteiger partial charge is 0.146 e. The third-order valence-electron chi connectivity index (χ3n) is 11.2. The largest absolute Gasteiger partial charge is 0.394 e. The van der Waals surface area contributed by atoms with Crippen LogP contribution >= 0.6 is 0 Å². The maximum Gasteiger partial charge on any atom is 0.146 e. The molecule has 0 aromatic carbocycles. The van der Waals surface area contributed by atoms with Gasteiger partial charge >= 0.3 is 0 Å². The number of aliphatic hydroxyl groups excluding tert-OH is 6. The van der Waals surface area contributed by atoms with Crippen LogP contribution in [-0.2, 0) is 75.8 Å². The van der Waals surface area contributed by atoms with Gasteiger partial charge in [-0.15, -0.1) is 0 Å². The molecule has 2 aliphatic heterocycles. The summed E-state index contributed by atoms with van der Waals surface area (Å²) < 4.78 is 94.5. The Kier molecular flexibility index (Phi) is 36.9. The molecule has 22 nitrogen and oxygen atoms in total. The fourth-order valence-corrected chi connectivity index (χ4v) is 7.13. The van der Waals surface area contributed by atoms with Gasteiger partial charge in [-0.05, 0) is 61.3 Å². The van der Waals surface area contributed by atoms with Gasteiger partial charge < -0.3 is 106 Å². The molecule has 0 aromatic rings. The van der Waals surface area contributed by atoms with Crippen molar-refractivity contribution in [2.75, 3.05) is 146 Å². The maximum absolute atomic E-state index is 11.3. The first-order valence-corrected chi connectivity index (χ1v) is 26.1. The van der Waals surface area contributed by atoms with Gasteiger partial charge in [0.25, 0.3) is 0 Å². The Balaban J connectivity index is 2.15. The van der Waals surface area contributed by atoms with Crippen molar-refractivity contribution in [2.24, 2.45) is 0 Å². The summed E-state index contributed by atoms with van der Waals surface area (Å²) in [5, 5.41) is 60.3. The fraction of sp³-hybridized carbons (Fsp3) is 1.00. The van der Waals surface area contributed by atoms with E-state index in [1.54, 1.807) is 0 Å². The van der Waals surface area contributed by atoms with E-state index in [2.05, 4.69) is 0 Å². The van der Waals surface area contributed by atoms with Gasteiger partial charge in [0.05, 0.1) is 168 Å². The van der Waals surface area contributed by atoms with Gasteiger partial charge in [0.2, 0.25) is 0 Å². The topological polar surface area (TPSA) is 276 Å². The molecule has 2 saturated heterocycles.